The van der Waals surface area contributed by atoms with Crippen LogP contribution in [0.25, 0.3) is 0 Å². The first-order valence-corrected chi connectivity index (χ1v) is 10.5. The van der Waals surface area contributed by atoms with E-state index in [2.05, 4.69) is 4.90 Å². The van der Waals surface area contributed by atoms with E-state index < -0.39 is 12.1 Å². The van der Waals surface area contributed by atoms with E-state index in [1.165, 1.54) is 32.1 Å². The van der Waals surface area contributed by atoms with Gasteiger partial charge in [-0.25, -0.2) is 4.79 Å². The van der Waals surface area contributed by atoms with Gasteiger partial charge in [0.1, 0.15) is 6.61 Å². The lowest BCUT2D eigenvalue weighted by Crippen LogP contribution is -2.67. The van der Waals surface area contributed by atoms with Gasteiger partial charge in [0.2, 0.25) is 5.91 Å². The van der Waals surface area contributed by atoms with E-state index >= 15 is 0 Å². The minimum atomic E-state index is -5.08. The second-order valence-electron chi connectivity index (χ2n) is 8.67. The van der Waals surface area contributed by atoms with Crippen LogP contribution in [-0.2, 0) is 19.1 Å². The van der Waals surface area contributed by atoms with Crippen LogP contribution >= 0.6 is 0 Å². The number of hydrogen-bond donors (Lipinski definition) is 1. The molecule has 1 N–H and O–H groups in total. The number of rotatable bonds is 6. The molecule has 0 radical (unpaired) electrons. The Morgan fingerprint density at radius 3 is 2.33 bits per heavy atom. The lowest BCUT2D eigenvalue weighted by molar-refractivity contribution is -0.192. The molecular formula is C20H33F3N2O5. The fourth-order valence-electron chi connectivity index (χ4n) is 4.36. The summed E-state index contributed by atoms with van der Waals surface area (Å²) in [4.78, 5) is 24.6. The molecule has 2 heterocycles. The van der Waals surface area contributed by atoms with Gasteiger partial charge in [-0.1, -0.05) is 12.8 Å². The molecule has 0 aromatic heterocycles. The maximum absolute atomic E-state index is 11.5. The maximum Gasteiger partial charge on any atom is 0.490 e. The highest BCUT2D eigenvalue weighted by Crippen LogP contribution is 2.41. The zero-order chi connectivity index (χ0) is 22.4. The highest BCUT2D eigenvalue weighted by Gasteiger charge is 2.49. The summed E-state index contributed by atoms with van der Waals surface area (Å²) in [5.41, 5.74) is 0.130. The molecule has 1 atom stereocenters. The average molecular weight is 438 g/mol. The molecule has 2 saturated heterocycles. The predicted octanol–water partition coefficient (Wildman–Crippen LogP) is 2.54. The molecule has 2 aliphatic heterocycles. The monoisotopic (exact) mass is 438 g/mol. The number of halogens is 3. The van der Waals surface area contributed by atoms with E-state index in [1.807, 2.05) is 0 Å². The topological polar surface area (TPSA) is 79.3 Å². The van der Waals surface area contributed by atoms with Crippen molar-refractivity contribution in [3.8, 4) is 0 Å². The molecule has 3 rings (SSSR count). The summed E-state index contributed by atoms with van der Waals surface area (Å²) in [6.07, 6.45) is 3.84. The van der Waals surface area contributed by atoms with Gasteiger partial charge < -0.3 is 19.5 Å². The van der Waals surface area contributed by atoms with Crippen molar-refractivity contribution in [1.29, 1.82) is 0 Å². The standard InChI is InChI=1S/C18H32N2O3.C2HF3O2/c1-19(2)17(21)12-22-9-7-15-8-10-23-18(11-15)13-20(14-18)16-5-3-4-6-16;3-2(4,5)1(6)7/h15-16H,3-14H2,1-2H3;(H,6,7). The number of carbonyl (C=O) groups is 2. The minimum Gasteiger partial charge on any atom is -0.475 e. The second-order valence-corrected chi connectivity index (χ2v) is 8.67. The minimum absolute atomic E-state index is 0.0413. The lowest BCUT2D eigenvalue weighted by atomic mass is 9.78. The van der Waals surface area contributed by atoms with Gasteiger partial charge in [-0.2, -0.15) is 13.2 Å². The molecule has 1 unspecified atom stereocenters. The van der Waals surface area contributed by atoms with E-state index in [4.69, 9.17) is 19.4 Å². The fraction of sp³-hybridized carbons (Fsp3) is 0.900. The van der Waals surface area contributed by atoms with Crippen molar-refractivity contribution < 1.29 is 37.3 Å². The quantitative estimate of drug-likeness (QED) is 0.642. The molecule has 1 amide bonds. The molecule has 0 aromatic carbocycles. The number of likely N-dealkylation sites (tertiary alicyclic amines) is 1. The number of nitrogens with zero attached hydrogens (tertiary/aromatic N) is 2. The number of hydrogen-bond acceptors (Lipinski definition) is 5. The third-order valence-electron chi connectivity index (χ3n) is 6.06. The molecule has 0 bridgehead atoms. The summed E-state index contributed by atoms with van der Waals surface area (Å²) >= 11 is 0. The highest BCUT2D eigenvalue weighted by molar-refractivity contribution is 5.76. The van der Waals surface area contributed by atoms with Crippen molar-refractivity contribution in [3.63, 3.8) is 0 Å². The Bertz CT molecular complexity index is 573. The number of carbonyl (C=O) groups excluding carboxylic acids is 1. The molecule has 10 heteroatoms. The van der Waals surface area contributed by atoms with E-state index in [9.17, 15) is 18.0 Å². The Labute approximate surface area is 175 Å². The number of amides is 1. The van der Waals surface area contributed by atoms with Gasteiger partial charge >= 0.3 is 12.1 Å². The Kier molecular flexibility index (Phi) is 8.93. The smallest absolute Gasteiger partial charge is 0.475 e. The van der Waals surface area contributed by atoms with Crippen LogP contribution in [0.1, 0.15) is 44.9 Å². The number of likely N-dealkylation sites (N-methyl/N-ethyl adjacent to an activating group) is 1. The van der Waals surface area contributed by atoms with Crippen LogP contribution in [0, 0.1) is 5.92 Å². The van der Waals surface area contributed by atoms with Gasteiger partial charge in [0.15, 0.2) is 0 Å². The zero-order valence-electron chi connectivity index (χ0n) is 17.7. The molecule has 1 saturated carbocycles. The third-order valence-corrected chi connectivity index (χ3v) is 6.06. The zero-order valence-corrected chi connectivity index (χ0v) is 17.7. The second kappa shape index (κ2) is 10.8. The number of ether oxygens (including phenoxy) is 2. The van der Waals surface area contributed by atoms with Crippen LogP contribution < -0.4 is 0 Å². The van der Waals surface area contributed by atoms with E-state index in [0.717, 1.165) is 38.6 Å². The van der Waals surface area contributed by atoms with Crippen molar-refractivity contribution in [2.45, 2.75) is 62.8 Å². The molecule has 174 valence electrons. The first-order chi connectivity index (χ1) is 14.0. The van der Waals surface area contributed by atoms with Crippen LogP contribution in [-0.4, -0.2) is 91.6 Å². The summed E-state index contributed by atoms with van der Waals surface area (Å²) in [6.45, 7) is 4.05. The van der Waals surface area contributed by atoms with Gasteiger partial charge in [-0.3, -0.25) is 9.69 Å². The molecular weight excluding hydrogens is 405 g/mol. The Balaban J connectivity index is 0.000000396. The fourth-order valence-corrected chi connectivity index (χ4v) is 4.36. The van der Waals surface area contributed by atoms with Crippen molar-refractivity contribution in [2.24, 2.45) is 5.92 Å². The number of alkyl halides is 3. The number of carboxylic acid groups (broad SMARTS) is 1. The first-order valence-electron chi connectivity index (χ1n) is 10.5. The van der Waals surface area contributed by atoms with Gasteiger partial charge in [0.25, 0.3) is 0 Å². The van der Waals surface area contributed by atoms with E-state index in [0.29, 0.717) is 12.5 Å². The van der Waals surface area contributed by atoms with Crippen LogP contribution in [0.3, 0.4) is 0 Å². The SMILES string of the molecule is CN(C)C(=O)COCCC1CCOC2(C1)CN(C1CCCC1)C2.O=C(O)C(F)(F)F. The molecule has 1 aliphatic carbocycles. The Morgan fingerprint density at radius 1 is 1.20 bits per heavy atom. The lowest BCUT2D eigenvalue weighted by Gasteiger charge is -2.55. The van der Waals surface area contributed by atoms with Gasteiger partial charge in [0.05, 0.1) is 5.60 Å². The van der Waals surface area contributed by atoms with Crippen molar-refractivity contribution in [1.82, 2.24) is 9.80 Å². The van der Waals surface area contributed by atoms with Gasteiger partial charge in [-0.05, 0) is 38.0 Å². The molecule has 0 aromatic rings. The summed E-state index contributed by atoms with van der Waals surface area (Å²) in [7, 11) is 3.53. The predicted molar refractivity (Wildman–Crippen MR) is 103 cm³/mol. The summed E-state index contributed by atoms with van der Waals surface area (Å²) in [5.74, 6) is -2.03. The van der Waals surface area contributed by atoms with Crippen LogP contribution in [0.15, 0.2) is 0 Å². The van der Waals surface area contributed by atoms with Crippen LogP contribution in [0.5, 0.6) is 0 Å². The maximum atomic E-state index is 11.5. The van der Waals surface area contributed by atoms with Crippen LogP contribution in [0.2, 0.25) is 0 Å². The molecule has 7 nitrogen and oxygen atoms in total. The highest BCUT2D eigenvalue weighted by atomic mass is 19.4. The van der Waals surface area contributed by atoms with Crippen molar-refractivity contribution in [2.75, 3.05) is 47.0 Å². The van der Waals surface area contributed by atoms with E-state index in [-0.39, 0.29) is 18.1 Å². The number of aliphatic carboxylic acids is 1. The normalized spacial score (nSPS) is 24.1. The molecule has 30 heavy (non-hydrogen) atoms. The van der Waals surface area contributed by atoms with Gasteiger partial charge in [0, 0.05) is 46.4 Å². The third kappa shape index (κ3) is 7.39. The van der Waals surface area contributed by atoms with Crippen molar-refractivity contribution in [3.05, 3.63) is 0 Å². The summed E-state index contributed by atoms with van der Waals surface area (Å²) in [6, 6.07) is 0.824. The van der Waals surface area contributed by atoms with E-state index in [1.54, 1.807) is 19.0 Å². The van der Waals surface area contributed by atoms with Crippen molar-refractivity contribution >= 4 is 11.9 Å². The summed E-state index contributed by atoms with van der Waals surface area (Å²) in [5, 5.41) is 7.12. The molecule has 3 aliphatic rings. The summed E-state index contributed by atoms with van der Waals surface area (Å²) < 4.78 is 43.4. The number of carboxylic acids is 1. The van der Waals surface area contributed by atoms with Crippen LogP contribution in [0.4, 0.5) is 13.2 Å². The molecule has 3 fully saturated rings. The Hall–Kier alpha value is -1.39. The largest absolute Gasteiger partial charge is 0.490 e. The first kappa shape index (κ1) is 24.9. The average Bonchev–Trinajstić information content (AvgIpc) is 3.17. The molecule has 1 spiro atoms. The Morgan fingerprint density at radius 2 is 1.80 bits per heavy atom. The van der Waals surface area contributed by atoms with Gasteiger partial charge in [-0.15, -0.1) is 0 Å².